The molecular formula is C28H38N8O6. The number of carbonyl (C=O) groups is 5. The van der Waals surface area contributed by atoms with Gasteiger partial charge in [-0.2, -0.15) is 0 Å². The molecule has 2 aromatic heterocycles. The molecule has 226 valence electrons. The Morgan fingerprint density at radius 1 is 0.929 bits per heavy atom. The van der Waals surface area contributed by atoms with Crippen LogP contribution in [0, 0.1) is 5.92 Å². The smallest absolute Gasteiger partial charge is 0.326 e. The molecule has 10 N–H and O–H groups in total. The molecule has 4 atom stereocenters. The number of hydrogen-bond donors (Lipinski definition) is 8. The number of amides is 4. The van der Waals surface area contributed by atoms with Crippen molar-refractivity contribution in [2.24, 2.45) is 17.4 Å². The van der Waals surface area contributed by atoms with Gasteiger partial charge in [0.05, 0.1) is 12.4 Å². The number of rotatable bonds is 16. The first kappa shape index (κ1) is 31.8. The highest BCUT2D eigenvalue weighted by molar-refractivity contribution is 5.94. The van der Waals surface area contributed by atoms with Crippen LogP contribution in [0.15, 0.2) is 43.0 Å². The zero-order chi connectivity index (χ0) is 30.8. The molecule has 0 bridgehead atoms. The number of para-hydroxylation sites is 1. The molecule has 3 rings (SSSR count). The number of carboxylic acid groups (broad SMARTS) is 1. The van der Waals surface area contributed by atoms with Gasteiger partial charge in [-0.3, -0.25) is 19.2 Å². The monoisotopic (exact) mass is 582 g/mol. The Kier molecular flexibility index (Phi) is 11.2. The number of aromatic amines is 2. The Morgan fingerprint density at radius 2 is 1.60 bits per heavy atom. The van der Waals surface area contributed by atoms with E-state index in [9.17, 15) is 29.1 Å². The summed E-state index contributed by atoms with van der Waals surface area (Å²) >= 11 is 0. The van der Waals surface area contributed by atoms with Gasteiger partial charge in [0.1, 0.15) is 18.1 Å². The van der Waals surface area contributed by atoms with Crippen LogP contribution in [0.5, 0.6) is 0 Å². The maximum Gasteiger partial charge on any atom is 0.326 e. The second-order valence-electron chi connectivity index (χ2n) is 10.6. The summed E-state index contributed by atoms with van der Waals surface area (Å²) in [5.41, 5.74) is 13.5. The third-order valence-electron chi connectivity index (χ3n) is 6.70. The maximum atomic E-state index is 13.3. The van der Waals surface area contributed by atoms with Crippen molar-refractivity contribution in [2.75, 3.05) is 0 Å². The van der Waals surface area contributed by atoms with Crippen LogP contribution in [0.3, 0.4) is 0 Å². The van der Waals surface area contributed by atoms with Crippen molar-refractivity contribution in [1.29, 1.82) is 0 Å². The Labute approximate surface area is 242 Å². The minimum atomic E-state index is -1.32. The van der Waals surface area contributed by atoms with Crippen molar-refractivity contribution < 1.29 is 29.1 Å². The lowest BCUT2D eigenvalue weighted by atomic mass is 10.0. The summed E-state index contributed by atoms with van der Waals surface area (Å²) in [7, 11) is 0. The molecule has 4 amide bonds. The van der Waals surface area contributed by atoms with E-state index < -0.39 is 53.8 Å². The van der Waals surface area contributed by atoms with Gasteiger partial charge >= 0.3 is 5.97 Å². The summed E-state index contributed by atoms with van der Waals surface area (Å²) in [6.45, 7) is 3.72. The first-order valence-corrected chi connectivity index (χ1v) is 13.6. The average molecular weight is 583 g/mol. The second kappa shape index (κ2) is 14.8. The summed E-state index contributed by atoms with van der Waals surface area (Å²) in [6.07, 6.45) is 4.63. The fourth-order valence-corrected chi connectivity index (χ4v) is 4.53. The number of benzene rings is 1. The Hall–Kier alpha value is -4.72. The fraction of sp³-hybridized carbons (Fsp3) is 0.429. The maximum absolute atomic E-state index is 13.3. The number of imidazole rings is 1. The zero-order valence-corrected chi connectivity index (χ0v) is 23.6. The highest BCUT2D eigenvalue weighted by atomic mass is 16.4. The van der Waals surface area contributed by atoms with Crippen LogP contribution in [0.4, 0.5) is 0 Å². The first-order valence-electron chi connectivity index (χ1n) is 13.6. The van der Waals surface area contributed by atoms with Gasteiger partial charge in [-0.05, 0) is 30.4 Å². The van der Waals surface area contributed by atoms with Crippen LogP contribution in [0.25, 0.3) is 10.9 Å². The number of hydrogen-bond acceptors (Lipinski definition) is 7. The van der Waals surface area contributed by atoms with Crippen LogP contribution in [0.2, 0.25) is 0 Å². The number of carboxylic acids is 1. The van der Waals surface area contributed by atoms with Gasteiger partial charge in [-0.1, -0.05) is 32.0 Å². The number of nitrogens with one attached hydrogen (secondary N) is 5. The molecule has 0 radical (unpaired) electrons. The molecule has 0 aliphatic carbocycles. The third kappa shape index (κ3) is 9.16. The van der Waals surface area contributed by atoms with E-state index in [0.717, 1.165) is 10.9 Å². The summed E-state index contributed by atoms with van der Waals surface area (Å²) in [6, 6.07) is 2.71. The van der Waals surface area contributed by atoms with E-state index in [2.05, 4.69) is 30.9 Å². The van der Waals surface area contributed by atoms with E-state index in [-0.39, 0.29) is 38.0 Å². The molecule has 0 saturated heterocycles. The van der Waals surface area contributed by atoms with E-state index in [1.165, 1.54) is 12.5 Å². The standard InChI is InChI=1S/C28H38N8O6/c1-15(2)9-22(35-25(38)19(29)11-17-13-31-14-33-17)27(40)34-21(7-8-24(30)37)26(39)36-23(28(41)42)10-16-12-32-20-6-4-3-5-18(16)20/h3-6,12-15,19,21-23,32H,7-11,29H2,1-2H3,(H2,30,37)(H,31,33)(H,34,40)(H,35,38)(H,36,39)(H,41,42). The van der Waals surface area contributed by atoms with Gasteiger partial charge < -0.3 is 42.5 Å². The largest absolute Gasteiger partial charge is 0.480 e. The molecule has 2 heterocycles. The number of carbonyl (C=O) groups excluding carboxylic acids is 4. The number of aliphatic carboxylic acids is 1. The predicted octanol–water partition coefficient (Wildman–Crippen LogP) is -0.146. The lowest BCUT2D eigenvalue weighted by molar-refractivity contribution is -0.142. The molecule has 3 aromatic rings. The lowest BCUT2D eigenvalue weighted by Crippen LogP contribution is -2.57. The predicted molar refractivity (Wildman–Crippen MR) is 154 cm³/mol. The highest BCUT2D eigenvalue weighted by Crippen LogP contribution is 2.19. The van der Waals surface area contributed by atoms with Crippen molar-refractivity contribution in [3.05, 3.63) is 54.2 Å². The Balaban J connectivity index is 1.73. The molecule has 0 spiro atoms. The number of aromatic nitrogens is 3. The molecular weight excluding hydrogens is 544 g/mol. The van der Waals surface area contributed by atoms with Crippen molar-refractivity contribution in [2.45, 2.75) is 70.1 Å². The van der Waals surface area contributed by atoms with Crippen molar-refractivity contribution in [1.82, 2.24) is 30.9 Å². The molecule has 4 unspecified atom stereocenters. The first-order chi connectivity index (χ1) is 19.9. The van der Waals surface area contributed by atoms with Crippen LogP contribution in [-0.2, 0) is 36.8 Å². The van der Waals surface area contributed by atoms with Gasteiger partial charge in [-0.15, -0.1) is 0 Å². The number of nitrogens with zero attached hydrogens (tertiary/aromatic N) is 1. The van der Waals surface area contributed by atoms with Crippen LogP contribution < -0.4 is 27.4 Å². The van der Waals surface area contributed by atoms with E-state index in [4.69, 9.17) is 11.5 Å². The molecule has 14 heteroatoms. The van der Waals surface area contributed by atoms with Crippen molar-refractivity contribution >= 4 is 40.5 Å². The zero-order valence-electron chi connectivity index (χ0n) is 23.6. The fourth-order valence-electron chi connectivity index (χ4n) is 4.53. The third-order valence-corrected chi connectivity index (χ3v) is 6.70. The molecule has 14 nitrogen and oxygen atoms in total. The molecule has 0 aliphatic heterocycles. The summed E-state index contributed by atoms with van der Waals surface area (Å²) in [5.74, 6) is -4.05. The second-order valence-corrected chi connectivity index (χ2v) is 10.6. The topological polar surface area (TPSA) is 238 Å². The van der Waals surface area contributed by atoms with Gasteiger partial charge in [0.15, 0.2) is 0 Å². The molecule has 1 aromatic carbocycles. The van der Waals surface area contributed by atoms with Gasteiger partial charge in [0.25, 0.3) is 0 Å². The highest BCUT2D eigenvalue weighted by Gasteiger charge is 2.31. The Morgan fingerprint density at radius 3 is 2.24 bits per heavy atom. The summed E-state index contributed by atoms with van der Waals surface area (Å²) in [5, 5.41) is 18.4. The molecule has 0 fully saturated rings. The molecule has 0 saturated carbocycles. The van der Waals surface area contributed by atoms with Crippen molar-refractivity contribution in [3.8, 4) is 0 Å². The van der Waals surface area contributed by atoms with E-state index in [1.54, 1.807) is 6.20 Å². The number of fused-ring (bicyclic) bond motifs is 1. The molecule has 0 aliphatic rings. The van der Waals surface area contributed by atoms with Gasteiger partial charge in [0, 0.05) is 48.3 Å². The number of nitrogens with two attached hydrogens (primary N) is 2. The average Bonchev–Trinajstić information content (AvgIpc) is 3.59. The van der Waals surface area contributed by atoms with E-state index >= 15 is 0 Å². The van der Waals surface area contributed by atoms with Crippen molar-refractivity contribution in [3.63, 3.8) is 0 Å². The minimum Gasteiger partial charge on any atom is -0.480 e. The summed E-state index contributed by atoms with van der Waals surface area (Å²) in [4.78, 5) is 72.8. The molecule has 42 heavy (non-hydrogen) atoms. The normalized spacial score (nSPS) is 14.1. The van der Waals surface area contributed by atoms with Crippen LogP contribution in [-0.4, -0.2) is 73.8 Å². The lowest BCUT2D eigenvalue weighted by Gasteiger charge is -2.26. The van der Waals surface area contributed by atoms with E-state index in [0.29, 0.717) is 11.3 Å². The quantitative estimate of drug-likeness (QED) is 0.113. The summed E-state index contributed by atoms with van der Waals surface area (Å²) < 4.78 is 0. The Bertz CT molecular complexity index is 1390. The SMILES string of the molecule is CC(C)CC(NC(=O)C(N)Cc1cnc[nH]1)C(=O)NC(CCC(N)=O)C(=O)NC(Cc1c[nH]c2ccccc12)C(=O)O. The number of primary amides is 1. The van der Waals surface area contributed by atoms with Crippen LogP contribution >= 0.6 is 0 Å². The minimum absolute atomic E-state index is 0.0182. The van der Waals surface area contributed by atoms with E-state index in [1.807, 2.05) is 38.1 Å². The van der Waals surface area contributed by atoms with Crippen LogP contribution in [0.1, 0.15) is 44.4 Å². The number of H-pyrrole nitrogens is 2. The van der Waals surface area contributed by atoms with Gasteiger partial charge in [-0.25, -0.2) is 9.78 Å². The van der Waals surface area contributed by atoms with Gasteiger partial charge in [0.2, 0.25) is 23.6 Å².